The molecule has 2 rings (SSSR count). The maximum absolute atomic E-state index is 12.3. The van der Waals surface area contributed by atoms with E-state index < -0.39 is 12.1 Å². The van der Waals surface area contributed by atoms with Gasteiger partial charge in [0.2, 0.25) is 0 Å². The lowest BCUT2D eigenvalue weighted by Gasteiger charge is -2.42. The summed E-state index contributed by atoms with van der Waals surface area (Å²) in [4.78, 5) is 25.8. The van der Waals surface area contributed by atoms with Crippen LogP contribution < -0.4 is 0 Å². The first-order chi connectivity index (χ1) is 11.5. The van der Waals surface area contributed by atoms with Crippen LogP contribution in [0.15, 0.2) is 23.3 Å². The molecule has 1 saturated heterocycles. The van der Waals surface area contributed by atoms with Gasteiger partial charge in [-0.2, -0.15) is 5.26 Å². The van der Waals surface area contributed by atoms with Crippen LogP contribution in [0.4, 0.5) is 4.79 Å². The van der Waals surface area contributed by atoms with E-state index in [0.717, 1.165) is 18.4 Å². The lowest BCUT2D eigenvalue weighted by atomic mass is 9.73. The average Bonchev–Trinajstić information content (AvgIpc) is 2.59. The SMILES string of the molecule is CCOC(=O)C1CC2CC(C(C)=CC#N)CC=C2CN1C(=O)OC. The number of rotatable bonds is 3. The van der Waals surface area contributed by atoms with Gasteiger partial charge in [-0.05, 0) is 44.9 Å². The normalized spacial score (nSPS) is 26.8. The van der Waals surface area contributed by atoms with Gasteiger partial charge in [0.1, 0.15) is 6.04 Å². The minimum atomic E-state index is -0.612. The number of likely N-dealkylation sites (tertiary alicyclic amines) is 1. The van der Waals surface area contributed by atoms with Gasteiger partial charge in [0.15, 0.2) is 0 Å². The minimum absolute atomic E-state index is 0.223. The molecule has 1 fully saturated rings. The molecule has 1 heterocycles. The number of amides is 1. The molecule has 3 unspecified atom stereocenters. The first kappa shape index (κ1) is 18.1. The highest BCUT2D eigenvalue weighted by Crippen LogP contribution is 2.40. The van der Waals surface area contributed by atoms with Gasteiger partial charge in [0, 0.05) is 12.6 Å². The Kier molecular flexibility index (Phi) is 6.02. The molecule has 1 amide bonds. The van der Waals surface area contributed by atoms with E-state index in [1.165, 1.54) is 17.6 Å². The predicted octanol–water partition coefficient (Wildman–Crippen LogP) is 2.81. The predicted molar refractivity (Wildman–Crippen MR) is 87.8 cm³/mol. The molecule has 24 heavy (non-hydrogen) atoms. The molecule has 3 atom stereocenters. The molecule has 0 aromatic rings. The third-order valence-corrected chi connectivity index (χ3v) is 4.90. The summed E-state index contributed by atoms with van der Waals surface area (Å²) in [6.45, 7) is 4.40. The number of fused-ring (bicyclic) bond motifs is 1. The quantitative estimate of drug-likeness (QED) is 0.451. The molecule has 0 N–H and O–H groups in total. The van der Waals surface area contributed by atoms with Crippen molar-refractivity contribution >= 4 is 12.1 Å². The third-order valence-electron chi connectivity index (χ3n) is 4.90. The van der Waals surface area contributed by atoms with E-state index in [2.05, 4.69) is 12.1 Å². The molecular weight excluding hydrogens is 308 g/mol. The summed E-state index contributed by atoms with van der Waals surface area (Å²) in [7, 11) is 1.32. The molecule has 6 heteroatoms. The van der Waals surface area contributed by atoms with Crippen LogP contribution in [-0.4, -0.2) is 43.3 Å². The minimum Gasteiger partial charge on any atom is -0.464 e. The van der Waals surface area contributed by atoms with Crippen molar-refractivity contribution in [3.8, 4) is 6.07 Å². The van der Waals surface area contributed by atoms with Crippen molar-refractivity contribution in [2.45, 2.75) is 39.2 Å². The Bertz CT molecular complexity index is 603. The Labute approximate surface area is 142 Å². The fraction of sp³-hybridized carbons (Fsp3) is 0.611. The zero-order valence-corrected chi connectivity index (χ0v) is 14.4. The van der Waals surface area contributed by atoms with Gasteiger partial charge in [-0.25, -0.2) is 9.59 Å². The first-order valence-corrected chi connectivity index (χ1v) is 8.28. The number of ether oxygens (including phenoxy) is 2. The average molecular weight is 332 g/mol. The van der Waals surface area contributed by atoms with Crippen molar-refractivity contribution in [2.75, 3.05) is 20.3 Å². The molecule has 0 bridgehead atoms. The first-order valence-electron chi connectivity index (χ1n) is 8.28. The molecule has 0 radical (unpaired) electrons. The van der Waals surface area contributed by atoms with E-state index in [9.17, 15) is 9.59 Å². The van der Waals surface area contributed by atoms with Gasteiger partial charge in [-0.3, -0.25) is 4.90 Å². The van der Waals surface area contributed by atoms with E-state index in [4.69, 9.17) is 14.7 Å². The fourth-order valence-electron chi connectivity index (χ4n) is 3.56. The molecule has 0 spiro atoms. The smallest absolute Gasteiger partial charge is 0.410 e. The number of hydrogen-bond acceptors (Lipinski definition) is 5. The van der Waals surface area contributed by atoms with Crippen molar-refractivity contribution < 1.29 is 19.1 Å². The molecule has 6 nitrogen and oxygen atoms in total. The number of allylic oxidation sites excluding steroid dienone is 3. The van der Waals surface area contributed by atoms with Crippen LogP contribution in [0, 0.1) is 23.2 Å². The second kappa shape index (κ2) is 8.00. The van der Waals surface area contributed by atoms with Gasteiger partial charge in [0.05, 0.1) is 19.8 Å². The van der Waals surface area contributed by atoms with Crippen LogP contribution in [0.1, 0.15) is 33.1 Å². The Balaban J connectivity index is 2.21. The summed E-state index contributed by atoms with van der Waals surface area (Å²) in [5, 5.41) is 8.84. The topological polar surface area (TPSA) is 79.6 Å². The summed E-state index contributed by atoms with van der Waals surface area (Å²) in [5.74, 6) is 0.153. The Morgan fingerprint density at radius 3 is 2.83 bits per heavy atom. The van der Waals surface area contributed by atoms with Crippen LogP contribution >= 0.6 is 0 Å². The summed E-state index contributed by atoms with van der Waals surface area (Å²) in [5.41, 5.74) is 2.23. The summed E-state index contributed by atoms with van der Waals surface area (Å²) >= 11 is 0. The van der Waals surface area contributed by atoms with Gasteiger partial charge in [0.25, 0.3) is 0 Å². The fourth-order valence-corrected chi connectivity index (χ4v) is 3.56. The van der Waals surface area contributed by atoms with E-state index in [0.29, 0.717) is 18.9 Å². The summed E-state index contributed by atoms with van der Waals surface area (Å²) in [6.07, 6.45) is 5.52. The number of nitriles is 1. The van der Waals surface area contributed by atoms with Crippen LogP contribution in [0.5, 0.6) is 0 Å². The second-order valence-corrected chi connectivity index (χ2v) is 6.26. The lowest BCUT2D eigenvalue weighted by molar-refractivity contribution is -0.150. The monoisotopic (exact) mass is 332 g/mol. The molecule has 0 saturated carbocycles. The lowest BCUT2D eigenvalue weighted by Crippen LogP contribution is -2.52. The second-order valence-electron chi connectivity index (χ2n) is 6.26. The highest BCUT2D eigenvalue weighted by molar-refractivity contribution is 5.82. The number of methoxy groups -OCH3 is 1. The Hall–Kier alpha value is -2.29. The molecule has 1 aliphatic heterocycles. The van der Waals surface area contributed by atoms with Crippen molar-refractivity contribution in [3.63, 3.8) is 0 Å². The summed E-state index contributed by atoms with van der Waals surface area (Å²) in [6, 6.07) is 1.47. The number of nitrogens with zero attached hydrogens (tertiary/aromatic N) is 2. The molecule has 2 aliphatic rings. The number of hydrogen-bond donors (Lipinski definition) is 0. The van der Waals surface area contributed by atoms with E-state index in [1.807, 2.05) is 6.92 Å². The zero-order chi connectivity index (χ0) is 17.7. The number of carbonyl (C=O) groups excluding carboxylic acids is 2. The third kappa shape index (κ3) is 3.78. The maximum atomic E-state index is 12.3. The van der Waals surface area contributed by atoms with Crippen molar-refractivity contribution in [1.82, 2.24) is 4.90 Å². The molecule has 0 aromatic carbocycles. The van der Waals surface area contributed by atoms with Crippen molar-refractivity contribution in [1.29, 1.82) is 5.26 Å². The van der Waals surface area contributed by atoms with Crippen LogP contribution in [0.2, 0.25) is 0 Å². The largest absolute Gasteiger partial charge is 0.464 e. The number of piperidine rings is 1. The maximum Gasteiger partial charge on any atom is 0.410 e. The van der Waals surface area contributed by atoms with Crippen LogP contribution in [0.3, 0.4) is 0 Å². The van der Waals surface area contributed by atoms with Crippen molar-refractivity contribution in [2.24, 2.45) is 11.8 Å². The van der Waals surface area contributed by atoms with Crippen LogP contribution in [0.25, 0.3) is 0 Å². The van der Waals surface area contributed by atoms with E-state index >= 15 is 0 Å². The zero-order valence-electron chi connectivity index (χ0n) is 14.4. The summed E-state index contributed by atoms with van der Waals surface area (Å²) < 4.78 is 9.96. The van der Waals surface area contributed by atoms with Crippen molar-refractivity contribution in [3.05, 3.63) is 23.3 Å². The Morgan fingerprint density at radius 2 is 2.21 bits per heavy atom. The Morgan fingerprint density at radius 1 is 1.46 bits per heavy atom. The van der Waals surface area contributed by atoms with Gasteiger partial charge < -0.3 is 9.47 Å². The highest BCUT2D eigenvalue weighted by atomic mass is 16.6. The molecule has 1 aliphatic carbocycles. The molecule has 130 valence electrons. The molecular formula is C18H24N2O4. The van der Waals surface area contributed by atoms with Gasteiger partial charge in [-0.1, -0.05) is 17.2 Å². The van der Waals surface area contributed by atoms with Crippen LogP contribution in [-0.2, 0) is 14.3 Å². The number of carbonyl (C=O) groups is 2. The van der Waals surface area contributed by atoms with E-state index in [-0.39, 0.29) is 18.5 Å². The van der Waals surface area contributed by atoms with Gasteiger partial charge in [-0.15, -0.1) is 0 Å². The van der Waals surface area contributed by atoms with Gasteiger partial charge >= 0.3 is 12.1 Å². The standard InChI is InChI=1S/C18H24N2O4/c1-4-24-17(21)16-10-15-9-13(12(2)7-8-19)5-6-14(15)11-20(16)18(22)23-3/h6-7,13,15-16H,4-5,9-11H2,1-3H3. The highest BCUT2D eigenvalue weighted by Gasteiger charge is 2.41. The van der Waals surface area contributed by atoms with E-state index in [1.54, 1.807) is 13.0 Å². The number of esters is 1. The molecule has 0 aromatic heterocycles.